The zero-order valence-corrected chi connectivity index (χ0v) is 11.0. The van der Waals surface area contributed by atoms with Crippen molar-refractivity contribution < 1.29 is 12.8 Å². The molecular weight excluding hydrogens is 271 g/mol. The minimum absolute atomic E-state index is 0.0128. The highest BCUT2D eigenvalue weighted by atomic mass is 32.2. The Balaban J connectivity index is 2.36. The highest BCUT2D eigenvalue weighted by Gasteiger charge is 2.20. The molecular formula is C11H13FN4O2S. The van der Waals surface area contributed by atoms with Crippen molar-refractivity contribution >= 4 is 21.4 Å². The van der Waals surface area contributed by atoms with Crippen molar-refractivity contribution in [2.75, 3.05) is 10.5 Å². The SMILES string of the molecule is CCc1ncc(S(=O)(=O)Nc2c(N)cccc2F)[nH]1. The quantitative estimate of drug-likeness (QED) is 0.740. The molecule has 2 aromatic rings. The smallest absolute Gasteiger partial charge is 0.279 e. The van der Waals surface area contributed by atoms with Gasteiger partial charge in [0.2, 0.25) is 0 Å². The van der Waals surface area contributed by atoms with E-state index in [4.69, 9.17) is 5.73 Å². The van der Waals surface area contributed by atoms with Crippen molar-refractivity contribution in [3.63, 3.8) is 0 Å². The zero-order valence-electron chi connectivity index (χ0n) is 10.1. The number of aromatic nitrogens is 2. The molecule has 0 saturated heterocycles. The molecule has 0 aliphatic heterocycles. The number of anilines is 2. The molecule has 8 heteroatoms. The monoisotopic (exact) mass is 284 g/mol. The van der Waals surface area contributed by atoms with Gasteiger partial charge in [-0.1, -0.05) is 13.0 Å². The van der Waals surface area contributed by atoms with E-state index in [9.17, 15) is 12.8 Å². The summed E-state index contributed by atoms with van der Waals surface area (Å²) >= 11 is 0. The second-order valence-corrected chi connectivity index (χ2v) is 5.51. The predicted molar refractivity (Wildman–Crippen MR) is 69.6 cm³/mol. The molecule has 6 nitrogen and oxygen atoms in total. The maximum absolute atomic E-state index is 13.5. The van der Waals surface area contributed by atoms with E-state index in [2.05, 4.69) is 14.7 Å². The van der Waals surface area contributed by atoms with Crippen LogP contribution >= 0.6 is 0 Å². The Morgan fingerprint density at radius 1 is 1.47 bits per heavy atom. The van der Waals surface area contributed by atoms with Gasteiger partial charge < -0.3 is 10.7 Å². The van der Waals surface area contributed by atoms with Crippen LogP contribution in [0.15, 0.2) is 29.4 Å². The van der Waals surface area contributed by atoms with Crippen LogP contribution in [-0.2, 0) is 16.4 Å². The Hall–Kier alpha value is -2.09. The number of nitrogens with two attached hydrogens (primary N) is 1. The van der Waals surface area contributed by atoms with Crippen molar-refractivity contribution in [2.45, 2.75) is 18.4 Å². The molecule has 0 spiro atoms. The van der Waals surface area contributed by atoms with Gasteiger partial charge in [0.15, 0.2) is 5.03 Å². The molecule has 1 heterocycles. The van der Waals surface area contributed by atoms with Crippen LogP contribution in [0.2, 0.25) is 0 Å². The molecule has 19 heavy (non-hydrogen) atoms. The molecule has 1 aromatic carbocycles. The number of nitrogens with zero attached hydrogens (tertiary/aromatic N) is 1. The molecule has 0 bridgehead atoms. The first-order valence-electron chi connectivity index (χ1n) is 5.54. The Morgan fingerprint density at radius 3 is 2.79 bits per heavy atom. The Kier molecular flexibility index (Phi) is 3.43. The lowest BCUT2D eigenvalue weighted by atomic mass is 10.3. The number of aryl methyl sites for hydroxylation is 1. The number of rotatable bonds is 4. The number of hydrogen-bond donors (Lipinski definition) is 3. The normalized spacial score (nSPS) is 11.5. The second-order valence-electron chi connectivity index (χ2n) is 3.86. The fourth-order valence-corrected chi connectivity index (χ4v) is 2.54. The van der Waals surface area contributed by atoms with Crippen LogP contribution in [0.3, 0.4) is 0 Å². The first-order valence-corrected chi connectivity index (χ1v) is 7.03. The average molecular weight is 284 g/mol. The molecule has 0 aliphatic carbocycles. The summed E-state index contributed by atoms with van der Waals surface area (Å²) in [6, 6.07) is 3.93. The molecule has 0 radical (unpaired) electrons. The molecule has 0 aliphatic rings. The maximum Gasteiger partial charge on any atom is 0.279 e. The number of halogens is 1. The number of H-pyrrole nitrogens is 1. The van der Waals surface area contributed by atoms with Gasteiger partial charge in [-0.3, -0.25) is 4.72 Å². The van der Waals surface area contributed by atoms with Gasteiger partial charge in [-0.15, -0.1) is 0 Å². The van der Waals surface area contributed by atoms with Gasteiger partial charge in [0.05, 0.1) is 11.9 Å². The summed E-state index contributed by atoms with van der Waals surface area (Å²) in [5.74, 6) is -0.208. The summed E-state index contributed by atoms with van der Waals surface area (Å²) in [7, 11) is -3.94. The zero-order chi connectivity index (χ0) is 14.0. The van der Waals surface area contributed by atoms with E-state index < -0.39 is 15.8 Å². The lowest BCUT2D eigenvalue weighted by molar-refractivity contribution is 0.595. The number of para-hydroxylation sites is 1. The summed E-state index contributed by atoms with van der Waals surface area (Å²) < 4.78 is 39.7. The van der Waals surface area contributed by atoms with Crippen molar-refractivity contribution in [2.24, 2.45) is 0 Å². The molecule has 0 atom stereocenters. The van der Waals surface area contributed by atoms with Crippen LogP contribution in [0.5, 0.6) is 0 Å². The van der Waals surface area contributed by atoms with E-state index in [0.717, 1.165) is 6.07 Å². The minimum atomic E-state index is -3.94. The van der Waals surface area contributed by atoms with Crippen LogP contribution in [0, 0.1) is 5.82 Å². The Morgan fingerprint density at radius 2 is 2.21 bits per heavy atom. The number of imidazole rings is 1. The number of hydrogen-bond acceptors (Lipinski definition) is 4. The Bertz CT molecular complexity index is 676. The van der Waals surface area contributed by atoms with Gasteiger partial charge in [-0.05, 0) is 12.1 Å². The molecule has 4 N–H and O–H groups in total. The minimum Gasteiger partial charge on any atom is -0.397 e. The van der Waals surface area contributed by atoms with E-state index in [1.165, 1.54) is 18.3 Å². The summed E-state index contributed by atoms with van der Waals surface area (Å²) in [6.07, 6.45) is 1.75. The van der Waals surface area contributed by atoms with Gasteiger partial charge in [-0.2, -0.15) is 8.42 Å². The predicted octanol–water partition coefficient (Wildman–Crippen LogP) is 1.49. The van der Waals surface area contributed by atoms with Crippen LogP contribution in [-0.4, -0.2) is 18.4 Å². The fourth-order valence-electron chi connectivity index (χ4n) is 1.50. The van der Waals surface area contributed by atoms with Crippen LogP contribution < -0.4 is 10.5 Å². The highest BCUT2D eigenvalue weighted by Crippen LogP contribution is 2.24. The number of benzene rings is 1. The van der Waals surface area contributed by atoms with E-state index >= 15 is 0 Å². The van der Waals surface area contributed by atoms with E-state index in [1.54, 1.807) is 0 Å². The third-order valence-electron chi connectivity index (χ3n) is 2.51. The van der Waals surface area contributed by atoms with Gasteiger partial charge in [0.25, 0.3) is 10.0 Å². The molecule has 0 amide bonds. The largest absolute Gasteiger partial charge is 0.397 e. The third kappa shape index (κ3) is 2.68. The van der Waals surface area contributed by atoms with Crippen LogP contribution in [0.25, 0.3) is 0 Å². The summed E-state index contributed by atoms with van der Waals surface area (Å²) in [4.78, 5) is 6.53. The fraction of sp³-hybridized carbons (Fsp3) is 0.182. The summed E-state index contributed by atoms with van der Waals surface area (Å²) in [5.41, 5.74) is 5.29. The van der Waals surface area contributed by atoms with Gasteiger partial charge in [-0.25, -0.2) is 9.37 Å². The number of nitrogens with one attached hydrogen (secondary N) is 2. The maximum atomic E-state index is 13.5. The first-order chi connectivity index (χ1) is 8.94. The molecule has 0 fully saturated rings. The van der Waals surface area contributed by atoms with Gasteiger partial charge in [0.1, 0.15) is 17.3 Å². The standard InChI is InChI=1S/C11H13FN4O2S/c1-2-9-14-6-10(15-9)19(17,18)16-11-7(12)4-3-5-8(11)13/h3-6,16H,2,13H2,1H3,(H,14,15). The topological polar surface area (TPSA) is 101 Å². The van der Waals surface area contributed by atoms with Gasteiger partial charge in [0, 0.05) is 6.42 Å². The molecule has 102 valence electrons. The van der Waals surface area contributed by atoms with Crippen LogP contribution in [0.4, 0.5) is 15.8 Å². The van der Waals surface area contributed by atoms with Crippen molar-refractivity contribution in [3.8, 4) is 0 Å². The number of aromatic amines is 1. The highest BCUT2D eigenvalue weighted by molar-refractivity contribution is 7.92. The summed E-state index contributed by atoms with van der Waals surface area (Å²) in [6.45, 7) is 1.83. The molecule has 1 aromatic heterocycles. The van der Waals surface area contributed by atoms with Crippen molar-refractivity contribution in [3.05, 3.63) is 36.0 Å². The average Bonchev–Trinajstić information content (AvgIpc) is 2.83. The molecule has 0 saturated carbocycles. The van der Waals surface area contributed by atoms with Crippen molar-refractivity contribution in [1.82, 2.24) is 9.97 Å². The lowest BCUT2D eigenvalue weighted by Gasteiger charge is -2.09. The molecule has 2 rings (SSSR count). The van der Waals surface area contributed by atoms with E-state index in [1.807, 2.05) is 6.92 Å². The number of nitrogen functional groups attached to an aromatic ring is 1. The Labute approximate surface area is 109 Å². The molecule has 0 unspecified atom stereocenters. The van der Waals surface area contributed by atoms with E-state index in [0.29, 0.717) is 12.2 Å². The van der Waals surface area contributed by atoms with Crippen molar-refractivity contribution in [1.29, 1.82) is 0 Å². The second kappa shape index (κ2) is 4.88. The number of sulfonamides is 1. The third-order valence-corrected chi connectivity index (χ3v) is 3.77. The summed E-state index contributed by atoms with van der Waals surface area (Å²) in [5, 5.41) is -0.132. The van der Waals surface area contributed by atoms with Crippen LogP contribution in [0.1, 0.15) is 12.7 Å². The first kappa shape index (κ1) is 13.3. The lowest BCUT2D eigenvalue weighted by Crippen LogP contribution is -2.15. The van der Waals surface area contributed by atoms with Gasteiger partial charge >= 0.3 is 0 Å². The van der Waals surface area contributed by atoms with E-state index in [-0.39, 0.29) is 16.4 Å².